The number of hydrazine groups is 1. The van der Waals surface area contributed by atoms with Crippen LogP contribution in [0.1, 0.15) is 46.3 Å². The lowest BCUT2D eigenvalue weighted by Gasteiger charge is -2.35. The fourth-order valence-electron chi connectivity index (χ4n) is 5.86. The number of carbonyl (C=O) groups is 2. The number of amides is 1. The van der Waals surface area contributed by atoms with Gasteiger partial charge in [0, 0.05) is 17.6 Å². The minimum Gasteiger partial charge on any atom is -0.497 e. The van der Waals surface area contributed by atoms with Gasteiger partial charge in [0.2, 0.25) is 5.91 Å². The summed E-state index contributed by atoms with van der Waals surface area (Å²) in [5, 5.41) is 11.5. The molecule has 1 heterocycles. The molecule has 0 aromatic heterocycles. The van der Waals surface area contributed by atoms with Crippen molar-refractivity contribution in [3.63, 3.8) is 0 Å². The van der Waals surface area contributed by atoms with Gasteiger partial charge in [-0.05, 0) is 103 Å². The number of halogens is 1. The lowest BCUT2D eigenvalue weighted by molar-refractivity contribution is -0.120. The number of para-hydroxylation sites is 1. The highest BCUT2D eigenvalue weighted by atomic mass is 79.9. The molecule has 1 saturated heterocycles. The second-order valence-electron chi connectivity index (χ2n) is 11.2. The normalized spacial score (nSPS) is 12.9. The molecule has 0 spiro atoms. The average Bonchev–Trinajstić information content (AvgIpc) is 3.05. The number of methoxy groups -OCH3 is 2. The maximum Gasteiger partial charge on any atom is 0.339 e. The fraction of sp³-hybridized carbons (Fsp3) is 0.278. The highest BCUT2D eigenvalue weighted by molar-refractivity contribution is 9.10. The van der Waals surface area contributed by atoms with Crippen LogP contribution in [0.25, 0.3) is 11.1 Å². The van der Waals surface area contributed by atoms with E-state index in [0.717, 1.165) is 71.0 Å². The number of ether oxygens (including phenoxy) is 2. The standard InChI is InChI=1S/C36H38BrN3O5/c1-23-9-8-10-32(39-17-6-5-7-18-39)35(23)40(27-13-16-29(24(2)19-27)25-11-14-28(44-3)15-12-25)38-34(41)21-26-20-33(45-4)30(36(42)43)22-31(26)37/h8-16,19-20,22H,5-7,17-18,21H2,1-4H3,(H,38,41)(H,42,43). The number of hydrogen-bond acceptors (Lipinski definition) is 6. The zero-order chi connectivity index (χ0) is 32.1. The zero-order valence-electron chi connectivity index (χ0n) is 26.0. The van der Waals surface area contributed by atoms with Crippen molar-refractivity contribution >= 4 is 44.9 Å². The monoisotopic (exact) mass is 671 g/mol. The van der Waals surface area contributed by atoms with E-state index in [-0.39, 0.29) is 23.6 Å². The minimum atomic E-state index is -1.10. The molecular weight excluding hydrogens is 634 g/mol. The number of benzene rings is 4. The second kappa shape index (κ2) is 14.1. The van der Waals surface area contributed by atoms with Crippen LogP contribution in [-0.2, 0) is 11.2 Å². The van der Waals surface area contributed by atoms with Crippen LogP contribution in [0.4, 0.5) is 17.1 Å². The Bertz CT molecular complexity index is 1700. The summed E-state index contributed by atoms with van der Waals surface area (Å²) in [4.78, 5) is 27.9. The molecule has 9 heteroatoms. The van der Waals surface area contributed by atoms with E-state index in [1.54, 1.807) is 13.2 Å². The number of hydrogen-bond donors (Lipinski definition) is 2. The van der Waals surface area contributed by atoms with Gasteiger partial charge in [-0.1, -0.05) is 46.3 Å². The van der Waals surface area contributed by atoms with Crippen LogP contribution in [0.15, 0.2) is 77.3 Å². The summed E-state index contributed by atoms with van der Waals surface area (Å²) in [6.07, 6.45) is 3.46. The van der Waals surface area contributed by atoms with Gasteiger partial charge in [0.1, 0.15) is 17.1 Å². The van der Waals surface area contributed by atoms with Crippen LogP contribution in [0.5, 0.6) is 11.5 Å². The van der Waals surface area contributed by atoms with E-state index in [9.17, 15) is 14.7 Å². The summed E-state index contributed by atoms with van der Waals surface area (Å²) in [7, 11) is 3.07. The van der Waals surface area contributed by atoms with Gasteiger partial charge < -0.3 is 19.5 Å². The first-order valence-corrected chi connectivity index (χ1v) is 15.8. The van der Waals surface area contributed by atoms with Gasteiger partial charge in [-0.2, -0.15) is 0 Å². The molecule has 0 radical (unpaired) electrons. The van der Waals surface area contributed by atoms with E-state index < -0.39 is 5.97 Å². The Kier molecular flexibility index (Phi) is 9.98. The number of rotatable bonds is 10. The van der Waals surface area contributed by atoms with E-state index in [1.807, 2.05) is 35.3 Å². The smallest absolute Gasteiger partial charge is 0.339 e. The van der Waals surface area contributed by atoms with Crippen molar-refractivity contribution in [2.45, 2.75) is 39.5 Å². The first-order chi connectivity index (χ1) is 21.7. The molecule has 234 valence electrons. The van der Waals surface area contributed by atoms with Crippen LogP contribution in [0, 0.1) is 13.8 Å². The molecule has 8 nitrogen and oxygen atoms in total. The van der Waals surface area contributed by atoms with Crippen molar-refractivity contribution in [2.75, 3.05) is 37.2 Å². The summed E-state index contributed by atoms with van der Waals surface area (Å²) in [6.45, 7) is 6.04. The van der Waals surface area contributed by atoms with E-state index in [1.165, 1.54) is 19.6 Å². The molecule has 0 aliphatic carbocycles. The summed E-state index contributed by atoms with van der Waals surface area (Å²) >= 11 is 3.46. The first-order valence-electron chi connectivity index (χ1n) is 15.0. The molecule has 0 unspecified atom stereocenters. The third kappa shape index (κ3) is 7.09. The summed E-state index contributed by atoms with van der Waals surface area (Å²) in [6, 6.07) is 23.5. The fourth-order valence-corrected chi connectivity index (χ4v) is 6.34. The number of nitrogens with zero attached hydrogens (tertiary/aromatic N) is 2. The lowest BCUT2D eigenvalue weighted by atomic mass is 9.99. The van der Waals surface area contributed by atoms with Crippen LogP contribution in [0.3, 0.4) is 0 Å². The third-order valence-electron chi connectivity index (χ3n) is 8.19. The molecule has 4 aromatic rings. The molecule has 0 saturated carbocycles. The molecule has 4 aromatic carbocycles. The van der Waals surface area contributed by atoms with E-state index in [4.69, 9.17) is 9.47 Å². The van der Waals surface area contributed by atoms with Crippen molar-refractivity contribution in [2.24, 2.45) is 0 Å². The van der Waals surface area contributed by atoms with Gasteiger partial charge in [0.25, 0.3) is 0 Å². The Morgan fingerprint density at radius 3 is 2.29 bits per heavy atom. The molecule has 5 rings (SSSR count). The van der Waals surface area contributed by atoms with Crippen molar-refractivity contribution in [1.82, 2.24) is 5.43 Å². The van der Waals surface area contributed by atoms with Crippen molar-refractivity contribution in [1.29, 1.82) is 0 Å². The molecule has 1 amide bonds. The average molecular weight is 673 g/mol. The Hall–Kier alpha value is -4.50. The summed E-state index contributed by atoms with van der Waals surface area (Å²) in [5.74, 6) is -0.367. The Morgan fingerprint density at radius 1 is 0.911 bits per heavy atom. The van der Waals surface area contributed by atoms with Gasteiger partial charge in [-0.3, -0.25) is 15.2 Å². The molecule has 2 N–H and O–H groups in total. The molecule has 45 heavy (non-hydrogen) atoms. The SMILES string of the molecule is COc1ccc(-c2ccc(N(NC(=O)Cc3cc(OC)c(C(=O)O)cc3Br)c3c(C)cccc3N3CCCCC3)cc2C)cc1. The molecule has 0 atom stereocenters. The predicted molar refractivity (Wildman–Crippen MR) is 182 cm³/mol. The number of aryl methyl sites for hydroxylation is 2. The van der Waals surface area contributed by atoms with Gasteiger partial charge in [-0.25, -0.2) is 4.79 Å². The number of anilines is 3. The predicted octanol–water partition coefficient (Wildman–Crippen LogP) is 7.85. The van der Waals surface area contributed by atoms with Crippen LogP contribution in [-0.4, -0.2) is 44.3 Å². The van der Waals surface area contributed by atoms with Gasteiger partial charge in [-0.15, -0.1) is 0 Å². The lowest BCUT2D eigenvalue weighted by Crippen LogP contribution is -2.41. The molecule has 1 aliphatic rings. The maximum atomic E-state index is 13.8. The maximum absolute atomic E-state index is 13.8. The Labute approximate surface area is 272 Å². The number of piperidine rings is 1. The van der Waals surface area contributed by atoms with Crippen LogP contribution in [0.2, 0.25) is 0 Å². The molecule has 1 fully saturated rings. The van der Waals surface area contributed by atoms with Crippen LogP contribution >= 0.6 is 15.9 Å². The highest BCUT2D eigenvalue weighted by Crippen LogP contribution is 2.39. The number of carboxylic acid groups (broad SMARTS) is 1. The summed E-state index contributed by atoms with van der Waals surface area (Å²) in [5.41, 5.74) is 10.9. The molecular formula is C36H38BrN3O5. The topological polar surface area (TPSA) is 91.3 Å². The quantitative estimate of drug-likeness (QED) is 0.166. The van der Waals surface area contributed by atoms with Gasteiger partial charge >= 0.3 is 5.97 Å². The molecule has 0 bridgehead atoms. The number of aromatic carboxylic acids is 1. The second-order valence-corrected chi connectivity index (χ2v) is 12.1. The largest absolute Gasteiger partial charge is 0.497 e. The minimum absolute atomic E-state index is 0.00118. The Morgan fingerprint density at radius 2 is 1.64 bits per heavy atom. The number of nitrogens with one attached hydrogen (secondary N) is 1. The van der Waals surface area contributed by atoms with E-state index in [0.29, 0.717) is 10.0 Å². The Balaban J connectivity index is 1.54. The van der Waals surface area contributed by atoms with Crippen molar-refractivity contribution < 1.29 is 24.2 Å². The van der Waals surface area contributed by atoms with Gasteiger partial charge in [0.15, 0.2) is 0 Å². The number of carboxylic acids is 1. The molecule has 1 aliphatic heterocycles. The van der Waals surface area contributed by atoms with E-state index >= 15 is 0 Å². The van der Waals surface area contributed by atoms with Crippen LogP contribution < -0.4 is 24.8 Å². The van der Waals surface area contributed by atoms with Crippen molar-refractivity contribution in [3.8, 4) is 22.6 Å². The highest BCUT2D eigenvalue weighted by Gasteiger charge is 2.24. The first kappa shape index (κ1) is 31.9. The van der Waals surface area contributed by atoms with Crippen molar-refractivity contribution in [3.05, 3.63) is 99.5 Å². The summed E-state index contributed by atoms with van der Waals surface area (Å²) < 4.78 is 11.2. The van der Waals surface area contributed by atoms with Gasteiger partial charge in [0.05, 0.1) is 37.7 Å². The number of carbonyl (C=O) groups excluding carboxylic acids is 1. The zero-order valence-corrected chi connectivity index (χ0v) is 27.6. The third-order valence-corrected chi connectivity index (χ3v) is 8.93. The van der Waals surface area contributed by atoms with E-state index in [2.05, 4.69) is 70.4 Å².